The third kappa shape index (κ3) is 2.78. The predicted octanol–water partition coefficient (Wildman–Crippen LogP) is 1.63. The molecule has 2 heterocycles. The molecule has 3 rings (SSSR count). The first kappa shape index (κ1) is 13.4. The maximum atomic E-state index is 12.0. The summed E-state index contributed by atoms with van der Waals surface area (Å²) in [6.45, 7) is 5.95. The lowest BCUT2D eigenvalue weighted by molar-refractivity contribution is 0.231. The van der Waals surface area contributed by atoms with Crippen molar-refractivity contribution >= 4 is 6.03 Å². The fourth-order valence-electron chi connectivity index (χ4n) is 2.68. The van der Waals surface area contributed by atoms with Gasteiger partial charge in [0, 0.05) is 19.5 Å². The van der Waals surface area contributed by atoms with E-state index < -0.39 is 0 Å². The average molecular weight is 277 g/mol. The summed E-state index contributed by atoms with van der Waals surface area (Å²) < 4.78 is 2.16. The molecular weight excluding hydrogens is 254 g/mol. The first-order valence-corrected chi connectivity index (χ1v) is 7.61. The van der Waals surface area contributed by atoms with Crippen molar-refractivity contribution in [3.05, 3.63) is 11.6 Å². The monoisotopic (exact) mass is 277 g/mol. The zero-order valence-electron chi connectivity index (χ0n) is 12.2. The molecule has 1 saturated carbocycles. The van der Waals surface area contributed by atoms with Crippen LogP contribution in [-0.2, 0) is 13.0 Å². The van der Waals surface area contributed by atoms with Crippen molar-refractivity contribution < 1.29 is 4.79 Å². The lowest BCUT2D eigenvalue weighted by Gasteiger charge is -2.22. The van der Waals surface area contributed by atoms with Crippen LogP contribution in [0.2, 0.25) is 0 Å². The molecule has 1 aliphatic heterocycles. The highest BCUT2D eigenvalue weighted by atomic mass is 16.2. The minimum absolute atomic E-state index is 0.0754. The molecule has 1 atom stereocenters. The van der Waals surface area contributed by atoms with Crippen molar-refractivity contribution in [2.75, 3.05) is 6.54 Å². The van der Waals surface area contributed by atoms with E-state index in [0.717, 1.165) is 37.6 Å². The SMILES string of the molecule is CC(C)[C@@H](NC(=O)NCC1CC1)c1nnc2n1CCC2. The van der Waals surface area contributed by atoms with E-state index in [1.807, 2.05) is 0 Å². The highest BCUT2D eigenvalue weighted by molar-refractivity contribution is 5.74. The highest BCUT2D eigenvalue weighted by Gasteiger charge is 2.28. The second-order valence-corrected chi connectivity index (χ2v) is 6.25. The molecule has 110 valence electrons. The zero-order chi connectivity index (χ0) is 14.1. The summed E-state index contributed by atoms with van der Waals surface area (Å²) in [4.78, 5) is 12.0. The topological polar surface area (TPSA) is 71.8 Å². The van der Waals surface area contributed by atoms with Gasteiger partial charge in [-0.2, -0.15) is 0 Å². The summed E-state index contributed by atoms with van der Waals surface area (Å²) in [5, 5.41) is 14.5. The molecule has 0 aromatic carbocycles. The Kier molecular flexibility index (Phi) is 3.63. The Morgan fingerprint density at radius 3 is 2.90 bits per heavy atom. The lowest BCUT2D eigenvalue weighted by Crippen LogP contribution is -2.41. The molecular formula is C14H23N5O. The van der Waals surface area contributed by atoms with E-state index in [1.54, 1.807) is 0 Å². The van der Waals surface area contributed by atoms with Crippen molar-refractivity contribution in [2.24, 2.45) is 11.8 Å². The van der Waals surface area contributed by atoms with Crippen molar-refractivity contribution in [3.63, 3.8) is 0 Å². The molecule has 6 heteroatoms. The molecule has 0 bridgehead atoms. The zero-order valence-corrected chi connectivity index (χ0v) is 12.2. The van der Waals surface area contributed by atoms with Gasteiger partial charge in [-0.1, -0.05) is 13.8 Å². The molecule has 0 unspecified atom stereocenters. The van der Waals surface area contributed by atoms with Gasteiger partial charge in [0.15, 0.2) is 5.82 Å². The number of carbonyl (C=O) groups is 1. The average Bonchev–Trinajstić information content (AvgIpc) is 2.97. The van der Waals surface area contributed by atoms with Crippen LogP contribution in [0, 0.1) is 11.8 Å². The van der Waals surface area contributed by atoms with Gasteiger partial charge in [-0.3, -0.25) is 0 Å². The predicted molar refractivity (Wildman–Crippen MR) is 75.2 cm³/mol. The number of urea groups is 1. The summed E-state index contributed by atoms with van der Waals surface area (Å²) in [6.07, 6.45) is 4.60. The number of carbonyl (C=O) groups excluding carboxylic acids is 1. The maximum absolute atomic E-state index is 12.0. The number of nitrogens with zero attached hydrogens (tertiary/aromatic N) is 3. The molecule has 2 aliphatic rings. The molecule has 2 N–H and O–H groups in total. The van der Waals surface area contributed by atoms with Crippen LogP contribution >= 0.6 is 0 Å². The minimum atomic E-state index is -0.0917. The molecule has 1 aromatic heterocycles. The van der Waals surface area contributed by atoms with E-state index in [4.69, 9.17) is 0 Å². The molecule has 0 saturated heterocycles. The van der Waals surface area contributed by atoms with Gasteiger partial charge in [-0.05, 0) is 31.1 Å². The second kappa shape index (κ2) is 5.42. The number of fused-ring (bicyclic) bond motifs is 1. The van der Waals surface area contributed by atoms with E-state index in [0.29, 0.717) is 5.92 Å². The maximum Gasteiger partial charge on any atom is 0.315 e. The first-order chi connectivity index (χ1) is 9.65. The van der Waals surface area contributed by atoms with E-state index >= 15 is 0 Å². The van der Waals surface area contributed by atoms with E-state index in [2.05, 4.69) is 39.2 Å². The van der Waals surface area contributed by atoms with Crippen LogP contribution in [0.1, 0.15) is 50.8 Å². The van der Waals surface area contributed by atoms with Crippen molar-refractivity contribution in [3.8, 4) is 0 Å². The van der Waals surface area contributed by atoms with Crippen LogP contribution in [0.15, 0.2) is 0 Å². The second-order valence-electron chi connectivity index (χ2n) is 6.25. The van der Waals surface area contributed by atoms with Crippen molar-refractivity contribution in [1.82, 2.24) is 25.4 Å². The van der Waals surface area contributed by atoms with Gasteiger partial charge in [-0.25, -0.2) is 4.79 Å². The van der Waals surface area contributed by atoms with Gasteiger partial charge < -0.3 is 15.2 Å². The standard InChI is InChI=1S/C14H23N5O/c1-9(2)12(16-14(20)15-8-10-5-6-10)13-18-17-11-4-3-7-19(11)13/h9-10,12H,3-8H2,1-2H3,(H2,15,16,20)/t12-/m1/s1. The third-order valence-electron chi connectivity index (χ3n) is 4.12. The van der Waals surface area contributed by atoms with Gasteiger partial charge >= 0.3 is 6.03 Å². The molecule has 1 aromatic rings. The summed E-state index contributed by atoms with van der Waals surface area (Å²) in [5.74, 6) is 2.92. The van der Waals surface area contributed by atoms with Gasteiger partial charge in [-0.15, -0.1) is 10.2 Å². The molecule has 2 amide bonds. The van der Waals surface area contributed by atoms with Gasteiger partial charge in [0.05, 0.1) is 6.04 Å². The number of nitrogens with one attached hydrogen (secondary N) is 2. The van der Waals surface area contributed by atoms with Crippen molar-refractivity contribution in [2.45, 2.75) is 52.1 Å². The Morgan fingerprint density at radius 1 is 1.40 bits per heavy atom. The smallest absolute Gasteiger partial charge is 0.315 e. The van der Waals surface area contributed by atoms with Gasteiger partial charge in [0.25, 0.3) is 0 Å². The summed E-state index contributed by atoms with van der Waals surface area (Å²) in [5.41, 5.74) is 0. The minimum Gasteiger partial charge on any atom is -0.338 e. The van der Waals surface area contributed by atoms with E-state index in [9.17, 15) is 4.79 Å². The summed E-state index contributed by atoms with van der Waals surface area (Å²) >= 11 is 0. The highest BCUT2D eigenvalue weighted by Crippen LogP contribution is 2.28. The molecule has 1 aliphatic carbocycles. The molecule has 6 nitrogen and oxygen atoms in total. The number of amides is 2. The van der Waals surface area contributed by atoms with Crippen LogP contribution < -0.4 is 10.6 Å². The van der Waals surface area contributed by atoms with Crippen molar-refractivity contribution in [1.29, 1.82) is 0 Å². The quantitative estimate of drug-likeness (QED) is 0.859. The van der Waals surface area contributed by atoms with E-state index in [1.165, 1.54) is 12.8 Å². The fraction of sp³-hybridized carbons (Fsp3) is 0.786. The molecule has 0 spiro atoms. The van der Waals surface area contributed by atoms with Crippen LogP contribution in [-0.4, -0.2) is 27.3 Å². The van der Waals surface area contributed by atoms with E-state index in [-0.39, 0.29) is 18.0 Å². The summed E-state index contributed by atoms with van der Waals surface area (Å²) in [7, 11) is 0. The molecule has 20 heavy (non-hydrogen) atoms. The van der Waals surface area contributed by atoms with Gasteiger partial charge in [0.2, 0.25) is 0 Å². The largest absolute Gasteiger partial charge is 0.338 e. The Hall–Kier alpha value is -1.59. The number of aryl methyl sites for hydroxylation is 1. The summed E-state index contributed by atoms with van der Waals surface area (Å²) in [6, 6.07) is -0.167. The van der Waals surface area contributed by atoms with Crippen LogP contribution in [0.4, 0.5) is 4.79 Å². The Labute approximate surface area is 119 Å². The number of hydrogen-bond donors (Lipinski definition) is 2. The Balaban J connectivity index is 1.66. The Morgan fingerprint density at radius 2 is 2.20 bits per heavy atom. The number of rotatable bonds is 5. The molecule has 1 fully saturated rings. The molecule has 0 radical (unpaired) electrons. The number of aromatic nitrogens is 3. The van der Waals surface area contributed by atoms with Crippen LogP contribution in [0.3, 0.4) is 0 Å². The lowest BCUT2D eigenvalue weighted by atomic mass is 10.0. The van der Waals surface area contributed by atoms with Crippen LogP contribution in [0.25, 0.3) is 0 Å². The van der Waals surface area contributed by atoms with Crippen LogP contribution in [0.5, 0.6) is 0 Å². The first-order valence-electron chi connectivity index (χ1n) is 7.61. The normalized spacial score (nSPS) is 18.9. The Bertz CT molecular complexity index is 492. The third-order valence-corrected chi connectivity index (χ3v) is 4.12. The fourth-order valence-corrected chi connectivity index (χ4v) is 2.68. The number of hydrogen-bond acceptors (Lipinski definition) is 3. The van der Waals surface area contributed by atoms with Gasteiger partial charge in [0.1, 0.15) is 5.82 Å².